The Morgan fingerprint density at radius 2 is 1.71 bits per heavy atom. The van der Waals surface area contributed by atoms with Crippen LogP contribution in [0.4, 0.5) is 0 Å². The molecule has 1 heterocycles. The molecule has 1 aliphatic rings. The molecule has 2 heteroatoms. The largest absolute Gasteiger partial charge is 0.327 e. The van der Waals surface area contributed by atoms with Gasteiger partial charge in [-0.05, 0) is 25.2 Å². The van der Waals surface area contributed by atoms with Crippen molar-refractivity contribution in [2.24, 2.45) is 11.1 Å². The Hall–Kier alpha value is -0.0800. The minimum Gasteiger partial charge on any atom is -0.327 e. The van der Waals surface area contributed by atoms with Gasteiger partial charge >= 0.3 is 0 Å². The summed E-state index contributed by atoms with van der Waals surface area (Å²) in [5.41, 5.74) is 6.45. The zero-order valence-electron chi connectivity index (χ0n) is 10.1. The smallest absolute Gasteiger partial charge is 0.0139 e. The molecule has 0 saturated carbocycles. The van der Waals surface area contributed by atoms with E-state index in [0.717, 1.165) is 6.54 Å². The van der Waals surface area contributed by atoms with Crippen LogP contribution in [0.25, 0.3) is 0 Å². The number of hydrogen-bond acceptors (Lipinski definition) is 2. The molecule has 14 heavy (non-hydrogen) atoms. The van der Waals surface area contributed by atoms with Crippen LogP contribution in [-0.4, -0.2) is 30.6 Å². The average molecular weight is 198 g/mol. The molecule has 0 aromatic rings. The Kier molecular flexibility index (Phi) is 4.39. The van der Waals surface area contributed by atoms with Gasteiger partial charge in [0.15, 0.2) is 0 Å². The zero-order chi connectivity index (χ0) is 10.6. The molecule has 0 radical (unpaired) electrons. The molecule has 0 aromatic heterocycles. The first-order valence-electron chi connectivity index (χ1n) is 6.10. The van der Waals surface area contributed by atoms with E-state index in [4.69, 9.17) is 5.73 Å². The highest BCUT2D eigenvalue weighted by molar-refractivity contribution is 4.94. The first-order chi connectivity index (χ1) is 6.62. The molecule has 1 rings (SSSR count). The molecule has 2 N–H and O–H groups in total. The first-order valence-corrected chi connectivity index (χ1v) is 6.10. The maximum absolute atomic E-state index is 5.80. The third kappa shape index (κ3) is 2.96. The topological polar surface area (TPSA) is 29.3 Å². The van der Waals surface area contributed by atoms with E-state index >= 15 is 0 Å². The minimum atomic E-state index is 0.330. The maximum Gasteiger partial charge on any atom is 0.0139 e. The molecule has 0 bridgehead atoms. The van der Waals surface area contributed by atoms with E-state index in [9.17, 15) is 0 Å². The van der Waals surface area contributed by atoms with Gasteiger partial charge in [0.2, 0.25) is 0 Å². The van der Waals surface area contributed by atoms with Crippen molar-refractivity contribution in [2.45, 2.75) is 52.5 Å². The third-order valence-corrected chi connectivity index (χ3v) is 3.22. The summed E-state index contributed by atoms with van der Waals surface area (Å²) in [7, 11) is 0. The van der Waals surface area contributed by atoms with E-state index in [1.807, 2.05) is 0 Å². The summed E-state index contributed by atoms with van der Waals surface area (Å²) in [6, 6.07) is 0.330. The molecule has 1 unspecified atom stereocenters. The van der Waals surface area contributed by atoms with Crippen molar-refractivity contribution in [1.82, 2.24) is 4.90 Å². The maximum atomic E-state index is 5.80. The molecule has 0 aliphatic carbocycles. The van der Waals surface area contributed by atoms with Crippen LogP contribution in [0.3, 0.4) is 0 Å². The van der Waals surface area contributed by atoms with Crippen LogP contribution in [0.2, 0.25) is 0 Å². The van der Waals surface area contributed by atoms with Crippen LogP contribution in [0.1, 0.15) is 46.5 Å². The molecule has 84 valence electrons. The second-order valence-electron chi connectivity index (χ2n) is 5.15. The molecule has 0 aromatic carbocycles. The standard InChI is InChI=1S/C12H26N2/c1-4-6-12(7-5-2)9-14(10-12)8-11(3)13/h11H,4-10,13H2,1-3H3. The van der Waals surface area contributed by atoms with Crippen molar-refractivity contribution in [3.63, 3.8) is 0 Å². The summed E-state index contributed by atoms with van der Waals surface area (Å²) in [5.74, 6) is 0. The van der Waals surface area contributed by atoms with Crippen LogP contribution in [-0.2, 0) is 0 Å². The lowest BCUT2D eigenvalue weighted by atomic mass is 9.72. The minimum absolute atomic E-state index is 0.330. The fourth-order valence-electron chi connectivity index (χ4n) is 2.94. The summed E-state index contributed by atoms with van der Waals surface area (Å²) in [5, 5.41) is 0. The van der Waals surface area contributed by atoms with Gasteiger partial charge in [0.1, 0.15) is 0 Å². The van der Waals surface area contributed by atoms with Crippen molar-refractivity contribution in [1.29, 1.82) is 0 Å². The van der Waals surface area contributed by atoms with E-state index < -0.39 is 0 Å². The fraction of sp³-hybridized carbons (Fsp3) is 1.00. The molecular formula is C12H26N2. The van der Waals surface area contributed by atoms with Crippen molar-refractivity contribution >= 4 is 0 Å². The zero-order valence-corrected chi connectivity index (χ0v) is 10.1. The molecule has 0 spiro atoms. The molecule has 2 nitrogen and oxygen atoms in total. The lowest BCUT2D eigenvalue weighted by Crippen LogP contribution is -2.58. The molecule has 1 aliphatic heterocycles. The lowest BCUT2D eigenvalue weighted by Gasteiger charge is -2.51. The Balaban J connectivity index is 2.31. The van der Waals surface area contributed by atoms with E-state index in [0.29, 0.717) is 11.5 Å². The Morgan fingerprint density at radius 1 is 1.21 bits per heavy atom. The Morgan fingerprint density at radius 3 is 2.07 bits per heavy atom. The van der Waals surface area contributed by atoms with Crippen LogP contribution < -0.4 is 5.73 Å². The second-order valence-corrected chi connectivity index (χ2v) is 5.15. The third-order valence-electron chi connectivity index (χ3n) is 3.22. The van der Waals surface area contributed by atoms with Crippen molar-refractivity contribution in [2.75, 3.05) is 19.6 Å². The average Bonchev–Trinajstić information content (AvgIpc) is 2.01. The van der Waals surface area contributed by atoms with E-state index in [1.165, 1.54) is 38.8 Å². The molecule has 1 saturated heterocycles. The van der Waals surface area contributed by atoms with Crippen LogP contribution in [0.5, 0.6) is 0 Å². The van der Waals surface area contributed by atoms with Gasteiger partial charge in [-0.25, -0.2) is 0 Å². The molecule has 1 fully saturated rings. The van der Waals surface area contributed by atoms with Gasteiger partial charge in [-0.1, -0.05) is 26.7 Å². The molecule has 0 amide bonds. The van der Waals surface area contributed by atoms with Gasteiger partial charge in [-0.3, -0.25) is 0 Å². The number of likely N-dealkylation sites (tertiary alicyclic amines) is 1. The summed E-state index contributed by atoms with van der Waals surface area (Å²) >= 11 is 0. The number of rotatable bonds is 6. The SMILES string of the molecule is CCCC1(CCC)CN(CC(C)N)C1. The van der Waals surface area contributed by atoms with Crippen molar-refractivity contribution in [3.05, 3.63) is 0 Å². The van der Waals surface area contributed by atoms with Gasteiger partial charge in [0.05, 0.1) is 0 Å². The first kappa shape index (κ1) is 12.0. The lowest BCUT2D eigenvalue weighted by molar-refractivity contribution is -0.0167. The highest BCUT2D eigenvalue weighted by Crippen LogP contribution is 2.39. The fourth-order valence-corrected chi connectivity index (χ4v) is 2.94. The van der Waals surface area contributed by atoms with Gasteiger partial charge < -0.3 is 10.6 Å². The van der Waals surface area contributed by atoms with E-state index in [-0.39, 0.29) is 0 Å². The quantitative estimate of drug-likeness (QED) is 0.709. The van der Waals surface area contributed by atoms with Crippen molar-refractivity contribution in [3.8, 4) is 0 Å². The summed E-state index contributed by atoms with van der Waals surface area (Å²) in [6.07, 6.45) is 5.45. The highest BCUT2D eigenvalue weighted by Gasteiger charge is 2.40. The monoisotopic (exact) mass is 198 g/mol. The molecular weight excluding hydrogens is 172 g/mol. The van der Waals surface area contributed by atoms with E-state index in [2.05, 4.69) is 25.7 Å². The van der Waals surface area contributed by atoms with Crippen molar-refractivity contribution < 1.29 is 0 Å². The Bertz CT molecular complexity index is 152. The van der Waals surface area contributed by atoms with Crippen LogP contribution in [0, 0.1) is 5.41 Å². The number of hydrogen-bond donors (Lipinski definition) is 1. The summed E-state index contributed by atoms with van der Waals surface area (Å²) < 4.78 is 0. The summed E-state index contributed by atoms with van der Waals surface area (Å²) in [6.45, 7) is 10.3. The Labute approximate surface area is 88.8 Å². The summed E-state index contributed by atoms with van der Waals surface area (Å²) in [4.78, 5) is 2.51. The van der Waals surface area contributed by atoms with Crippen LogP contribution >= 0.6 is 0 Å². The number of nitrogens with zero attached hydrogens (tertiary/aromatic N) is 1. The second kappa shape index (κ2) is 5.13. The van der Waals surface area contributed by atoms with Gasteiger partial charge in [-0.2, -0.15) is 0 Å². The van der Waals surface area contributed by atoms with Gasteiger partial charge in [0.25, 0.3) is 0 Å². The van der Waals surface area contributed by atoms with Gasteiger partial charge in [0, 0.05) is 25.7 Å². The van der Waals surface area contributed by atoms with E-state index in [1.54, 1.807) is 0 Å². The van der Waals surface area contributed by atoms with Gasteiger partial charge in [-0.15, -0.1) is 0 Å². The predicted molar refractivity (Wildman–Crippen MR) is 62.3 cm³/mol. The highest BCUT2D eigenvalue weighted by atomic mass is 15.2. The normalized spacial score (nSPS) is 23.1. The van der Waals surface area contributed by atoms with Crippen LogP contribution in [0.15, 0.2) is 0 Å². The number of nitrogens with two attached hydrogens (primary N) is 1. The molecule has 1 atom stereocenters. The predicted octanol–water partition coefficient (Wildman–Crippen LogP) is 2.24.